The predicted molar refractivity (Wildman–Crippen MR) is 83.9 cm³/mol. The summed E-state index contributed by atoms with van der Waals surface area (Å²) in [4.78, 5) is 5.07. The van der Waals surface area contributed by atoms with E-state index < -0.39 is 0 Å². The van der Waals surface area contributed by atoms with E-state index in [4.69, 9.17) is 0 Å². The second-order valence-corrected chi connectivity index (χ2v) is 6.38. The van der Waals surface area contributed by atoms with Crippen molar-refractivity contribution in [2.45, 2.75) is 40.2 Å². The van der Waals surface area contributed by atoms with E-state index in [9.17, 15) is 0 Å². The lowest BCUT2D eigenvalue weighted by Crippen LogP contribution is -2.48. The molecule has 1 aliphatic heterocycles. The van der Waals surface area contributed by atoms with Gasteiger partial charge in [0, 0.05) is 37.9 Å². The maximum Gasteiger partial charge on any atom is 0.0367 e. The van der Waals surface area contributed by atoms with Crippen molar-refractivity contribution in [3.63, 3.8) is 0 Å². The van der Waals surface area contributed by atoms with Crippen LogP contribution in [0.1, 0.15) is 33.3 Å². The Morgan fingerprint density at radius 2 is 1.47 bits per heavy atom. The van der Waals surface area contributed by atoms with Crippen molar-refractivity contribution in [1.82, 2.24) is 4.90 Å². The minimum absolute atomic E-state index is 0.676. The normalized spacial score (nSPS) is 17.5. The van der Waals surface area contributed by atoms with Crippen LogP contribution in [0.25, 0.3) is 0 Å². The van der Waals surface area contributed by atoms with E-state index in [2.05, 4.69) is 61.8 Å². The van der Waals surface area contributed by atoms with Gasteiger partial charge in [0.05, 0.1) is 0 Å². The van der Waals surface area contributed by atoms with Crippen LogP contribution in [-0.4, -0.2) is 37.1 Å². The van der Waals surface area contributed by atoms with E-state index in [1.54, 1.807) is 0 Å². The number of rotatable bonds is 4. The molecule has 19 heavy (non-hydrogen) atoms. The van der Waals surface area contributed by atoms with E-state index in [-0.39, 0.29) is 0 Å². The molecular formula is C17H28N2. The molecule has 1 aliphatic rings. The van der Waals surface area contributed by atoms with Crippen molar-refractivity contribution < 1.29 is 0 Å². The fourth-order valence-corrected chi connectivity index (χ4v) is 2.81. The fourth-order valence-electron chi connectivity index (χ4n) is 2.81. The zero-order chi connectivity index (χ0) is 13.8. The Bertz CT molecular complexity index is 373. The number of nitrogens with zero attached hydrogens (tertiary/aromatic N) is 2. The average Bonchev–Trinajstić information content (AvgIpc) is 2.39. The van der Waals surface area contributed by atoms with Crippen molar-refractivity contribution in [1.29, 1.82) is 0 Å². The van der Waals surface area contributed by atoms with Crippen LogP contribution in [0.5, 0.6) is 0 Å². The molecule has 0 aromatic heterocycles. The van der Waals surface area contributed by atoms with E-state index in [1.165, 1.54) is 30.8 Å². The van der Waals surface area contributed by atoms with Gasteiger partial charge in [-0.2, -0.15) is 0 Å². The molecule has 2 rings (SSSR count). The summed E-state index contributed by atoms with van der Waals surface area (Å²) in [7, 11) is 0. The van der Waals surface area contributed by atoms with Gasteiger partial charge in [0.25, 0.3) is 0 Å². The molecular weight excluding hydrogens is 232 g/mol. The van der Waals surface area contributed by atoms with Crippen molar-refractivity contribution >= 4 is 5.69 Å². The van der Waals surface area contributed by atoms with Crippen LogP contribution in [0.15, 0.2) is 24.3 Å². The Morgan fingerprint density at radius 1 is 0.895 bits per heavy atom. The Hall–Kier alpha value is -1.02. The monoisotopic (exact) mass is 260 g/mol. The third-order valence-electron chi connectivity index (χ3n) is 3.99. The molecule has 1 aromatic carbocycles. The first-order valence-corrected chi connectivity index (χ1v) is 7.64. The van der Waals surface area contributed by atoms with Crippen LogP contribution in [0.4, 0.5) is 5.69 Å². The first-order chi connectivity index (χ1) is 9.06. The average molecular weight is 260 g/mol. The Morgan fingerprint density at radius 3 is 1.95 bits per heavy atom. The van der Waals surface area contributed by atoms with Crippen LogP contribution in [0.2, 0.25) is 0 Å². The standard InChI is InChI=1S/C17H28N2/c1-14(2)13-16-5-7-17(8-6-16)19-11-9-18(10-12-19)15(3)4/h5-8,14-15H,9-13H2,1-4H3. The SMILES string of the molecule is CC(C)Cc1ccc(N2CCN(C(C)C)CC2)cc1. The molecule has 0 unspecified atom stereocenters. The van der Waals surface area contributed by atoms with Gasteiger partial charge in [-0.15, -0.1) is 0 Å². The second-order valence-electron chi connectivity index (χ2n) is 6.38. The molecule has 0 aliphatic carbocycles. The fraction of sp³-hybridized carbons (Fsp3) is 0.647. The molecule has 1 saturated heterocycles. The number of piperazine rings is 1. The second kappa shape index (κ2) is 6.42. The molecule has 1 fully saturated rings. The number of anilines is 1. The lowest BCUT2D eigenvalue weighted by atomic mass is 10.0. The molecule has 2 heteroatoms. The number of benzene rings is 1. The largest absolute Gasteiger partial charge is 0.369 e. The topological polar surface area (TPSA) is 6.48 Å². The summed E-state index contributed by atoms with van der Waals surface area (Å²) in [6, 6.07) is 9.86. The van der Waals surface area contributed by atoms with E-state index in [1.807, 2.05) is 0 Å². The van der Waals surface area contributed by atoms with Crippen LogP contribution in [-0.2, 0) is 6.42 Å². The smallest absolute Gasteiger partial charge is 0.0367 e. The van der Waals surface area contributed by atoms with Crippen molar-refractivity contribution in [3.05, 3.63) is 29.8 Å². The van der Waals surface area contributed by atoms with Gasteiger partial charge in [-0.05, 0) is 43.9 Å². The molecule has 1 aromatic rings. The molecule has 0 bridgehead atoms. The highest BCUT2D eigenvalue weighted by atomic mass is 15.3. The van der Waals surface area contributed by atoms with Gasteiger partial charge >= 0.3 is 0 Å². The Balaban J connectivity index is 1.92. The molecule has 2 nitrogen and oxygen atoms in total. The highest BCUT2D eigenvalue weighted by molar-refractivity contribution is 5.48. The molecule has 1 heterocycles. The van der Waals surface area contributed by atoms with E-state index in [0.717, 1.165) is 19.0 Å². The van der Waals surface area contributed by atoms with Gasteiger partial charge in [0.1, 0.15) is 0 Å². The molecule has 0 amide bonds. The Kier molecular flexibility index (Phi) is 4.87. The summed E-state index contributed by atoms with van der Waals surface area (Å²) < 4.78 is 0. The highest BCUT2D eigenvalue weighted by Gasteiger charge is 2.18. The summed E-state index contributed by atoms with van der Waals surface area (Å²) in [5.41, 5.74) is 2.84. The molecule has 106 valence electrons. The quantitative estimate of drug-likeness (QED) is 0.818. The van der Waals surface area contributed by atoms with Crippen LogP contribution in [0, 0.1) is 5.92 Å². The van der Waals surface area contributed by atoms with E-state index >= 15 is 0 Å². The number of hydrogen-bond donors (Lipinski definition) is 0. The van der Waals surface area contributed by atoms with Gasteiger partial charge in [0.2, 0.25) is 0 Å². The number of hydrogen-bond acceptors (Lipinski definition) is 2. The third kappa shape index (κ3) is 3.97. The van der Waals surface area contributed by atoms with Crippen molar-refractivity contribution in [3.8, 4) is 0 Å². The Labute approximate surface area is 118 Å². The van der Waals surface area contributed by atoms with Crippen LogP contribution < -0.4 is 4.90 Å². The third-order valence-corrected chi connectivity index (χ3v) is 3.99. The van der Waals surface area contributed by atoms with Gasteiger partial charge < -0.3 is 4.90 Å². The minimum Gasteiger partial charge on any atom is -0.369 e. The molecule has 0 spiro atoms. The summed E-state index contributed by atoms with van der Waals surface area (Å²) >= 11 is 0. The highest BCUT2D eigenvalue weighted by Crippen LogP contribution is 2.19. The zero-order valence-corrected chi connectivity index (χ0v) is 12.9. The van der Waals surface area contributed by atoms with Gasteiger partial charge in [0.15, 0.2) is 0 Å². The summed E-state index contributed by atoms with van der Waals surface area (Å²) in [6.45, 7) is 13.8. The van der Waals surface area contributed by atoms with Gasteiger partial charge in [-0.3, -0.25) is 4.90 Å². The first-order valence-electron chi connectivity index (χ1n) is 7.64. The van der Waals surface area contributed by atoms with Gasteiger partial charge in [-0.1, -0.05) is 26.0 Å². The lowest BCUT2D eigenvalue weighted by Gasteiger charge is -2.38. The van der Waals surface area contributed by atoms with Gasteiger partial charge in [-0.25, -0.2) is 0 Å². The zero-order valence-electron chi connectivity index (χ0n) is 12.9. The van der Waals surface area contributed by atoms with E-state index in [0.29, 0.717) is 6.04 Å². The molecule has 0 N–H and O–H groups in total. The minimum atomic E-state index is 0.676. The predicted octanol–water partition coefficient (Wildman–Crippen LogP) is 3.42. The van der Waals surface area contributed by atoms with Crippen LogP contribution >= 0.6 is 0 Å². The molecule has 0 atom stereocenters. The summed E-state index contributed by atoms with van der Waals surface area (Å²) in [6.07, 6.45) is 1.18. The maximum atomic E-state index is 2.56. The summed E-state index contributed by atoms with van der Waals surface area (Å²) in [5, 5.41) is 0. The molecule has 0 saturated carbocycles. The maximum absolute atomic E-state index is 2.56. The lowest BCUT2D eigenvalue weighted by molar-refractivity contribution is 0.209. The summed E-state index contributed by atoms with van der Waals surface area (Å²) in [5.74, 6) is 0.737. The first kappa shape index (κ1) is 14.4. The molecule has 0 radical (unpaired) electrons. The van der Waals surface area contributed by atoms with Crippen molar-refractivity contribution in [2.24, 2.45) is 5.92 Å². The van der Waals surface area contributed by atoms with Crippen molar-refractivity contribution in [2.75, 3.05) is 31.1 Å². The van der Waals surface area contributed by atoms with Crippen LogP contribution in [0.3, 0.4) is 0 Å².